The fraction of sp³-hybridized carbons (Fsp3) is 0.429. The number of amides is 1. The van der Waals surface area contributed by atoms with Gasteiger partial charge in [0.25, 0.3) is 5.91 Å². The molecule has 1 saturated carbocycles. The first-order valence-corrected chi connectivity index (χ1v) is 12.4. The van der Waals surface area contributed by atoms with Crippen LogP contribution in [0.3, 0.4) is 0 Å². The monoisotopic (exact) mass is 458 g/mol. The zero-order valence-electron chi connectivity index (χ0n) is 19.9. The molecule has 1 aromatic heterocycles. The molecule has 3 atom stereocenters. The van der Waals surface area contributed by atoms with Crippen LogP contribution in [0, 0.1) is 0 Å². The van der Waals surface area contributed by atoms with Gasteiger partial charge in [-0.3, -0.25) is 4.79 Å². The van der Waals surface area contributed by atoms with Gasteiger partial charge in [0.05, 0.1) is 23.7 Å². The van der Waals surface area contributed by atoms with Crippen LogP contribution in [0.1, 0.15) is 54.7 Å². The first kappa shape index (κ1) is 22.8. The molecule has 2 fully saturated rings. The molecule has 2 N–H and O–H groups in total. The van der Waals surface area contributed by atoms with Crippen LogP contribution in [0.25, 0.3) is 11.3 Å². The van der Waals surface area contributed by atoms with E-state index in [4.69, 9.17) is 4.98 Å². The summed E-state index contributed by atoms with van der Waals surface area (Å²) in [4.78, 5) is 20.7. The molecule has 0 unspecified atom stereocenters. The van der Waals surface area contributed by atoms with E-state index in [0.717, 1.165) is 56.5 Å². The van der Waals surface area contributed by atoms with Crippen molar-refractivity contribution in [3.05, 3.63) is 78.2 Å². The highest BCUT2D eigenvalue weighted by Gasteiger charge is 2.39. The minimum atomic E-state index is -0.826. The zero-order chi connectivity index (χ0) is 23.5. The van der Waals surface area contributed by atoms with Crippen molar-refractivity contribution in [3.8, 4) is 11.3 Å². The molecule has 1 saturated heterocycles. The van der Waals surface area contributed by atoms with E-state index < -0.39 is 5.60 Å². The number of nitrogens with one attached hydrogen (secondary N) is 1. The van der Waals surface area contributed by atoms with Crippen LogP contribution in [-0.4, -0.2) is 56.7 Å². The van der Waals surface area contributed by atoms with E-state index in [9.17, 15) is 9.90 Å². The Morgan fingerprint density at radius 3 is 2.59 bits per heavy atom. The summed E-state index contributed by atoms with van der Waals surface area (Å²) in [6.07, 6.45) is 6.29. The van der Waals surface area contributed by atoms with Crippen LogP contribution >= 0.6 is 0 Å². The van der Waals surface area contributed by atoms with Gasteiger partial charge in [-0.1, -0.05) is 73.5 Å². The molecule has 6 nitrogen and oxygen atoms in total. The normalized spacial score (nSPS) is 25.3. The largest absolute Gasteiger partial charge is 0.388 e. The average molecular weight is 459 g/mol. The van der Waals surface area contributed by atoms with E-state index in [-0.39, 0.29) is 18.0 Å². The summed E-state index contributed by atoms with van der Waals surface area (Å²) in [6, 6.07) is 20.3. The highest BCUT2D eigenvalue weighted by molar-refractivity contribution is 5.98. The lowest BCUT2D eigenvalue weighted by atomic mass is 9.81. The molecule has 178 valence electrons. The van der Waals surface area contributed by atoms with Crippen LogP contribution < -0.4 is 5.32 Å². The third-order valence-corrected chi connectivity index (χ3v) is 7.43. The van der Waals surface area contributed by atoms with E-state index in [1.807, 2.05) is 60.4 Å². The number of hydrogen-bond donors (Lipinski definition) is 2. The van der Waals surface area contributed by atoms with Crippen molar-refractivity contribution in [2.75, 3.05) is 19.6 Å². The first-order chi connectivity index (χ1) is 16.5. The molecule has 2 aromatic carbocycles. The van der Waals surface area contributed by atoms with Gasteiger partial charge in [0, 0.05) is 31.2 Å². The summed E-state index contributed by atoms with van der Waals surface area (Å²) >= 11 is 0. The number of nitrogens with zero attached hydrogens (tertiary/aromatic N) is 3. The number of aliphatic hydroxyl groups is 1. The second-order valence-electron chi connectivity index (χ2n) is 9.88. The number of rotatable bonds is 5. The van der Waals surface area contributed by atoms with Gasteiger partial charge in [0.2, 0.25) is 0 Å². The van der Waals surface area contributed by atoms with Crippen LogP contribution in [0.15, 0.2) is 67.0 Å². The van der Waals surface area contributed by atoms with E-state index in [0.29, 0.717) is 12.2 Å². The predicted molar refractivity (Wildman–Crippen MR) is 134 cm³/mol. The van der Waals surface area contributed by atoms with E-state index in [2.05, 4.69) is 22.0 Å². The standard InChI is InChI=1S/C28H34N4O2/c1-28(34)15-9-8-14-24(28)32-20-30-25(26(32)22-12-6-3-7-13-22)27(33)31-17-16-29-19-23(31)18-21-10-4-2-5-11-21/h2-7,10-13,20,23-24,29,34H,8-9,14-19H2,1H3/t23-,24-,28+/m1/s1. The smallest absolute Gasteiger partial charge is 0.275 e. The second kappa shape index (κ2) is 9.72. The number of hydrogen-bond acceptors (Lipinski definition) is 4. The van der Waals surface area contributed by atoms with Gasteiger partial charge in [0.15, 0.2) is 5.69 Å². The lowest BCUT2D eigenvalue weighted by Crippen LogP contribution is -2.54. The summed E-state index contributed by atoms with van der Waals surface area (Å²) in [5.74, 6) is -0.0320. The molecule has 34 heavy (non-hydrogen) atoms. The lowest BCUT2D eigenvalue weighted by Gasteiger charge is -2.39. The number of aromatic nitrogens is 2. The van der Waals surface area contributed by atoms with Crippen molar-refractivity contribution >= 4 is 5.91 Å². The Hall–Kier alpha value is -2.96. The number of carbonyl (C=O) groups is 1. The van der Waals surface area contributed by atoms with E-state index in [1.54, 1.807) is 6.33 Å². The zero-order valence-corrected chi connectivity index (χ0v) is 19.9. The van der Waals surface area contributed by atoms with Gasteiger partial charge < -0.3 is 19.9 Å². The SMILES string of the molecule is C[C@]1(O)CCCC[C@H]1n1cnc(C(=O)N2CCNC[C@H]2Cc2ccccc2)c1-c1ccccc1. The molecule has 2 aliphatic rings. The molecule has 5 rings (SSSR count). The van der Waals surface area contributed by atoms with Gasteiger partial charge in [-0.05, 0) is 31.7 Å². The Bertz CT molecular complexity index is 1110. The molecule has 3 aromatic rings. The van der Waals surface area contributed by atoms with E-state index in [1.165, 1.54) is 5.56 Å². The minimum Gasteiger partial charge on any atom is -0.388 e. The molecule has 1 aliphatic heterocycles. The maximum Gasteiger partial charge on any atom is 0.275 e. The third-order valence-electron chi connectivity index (χ3n) is 7.43. The molecule has 1 aliphatic carbocycles. The van der Waals surface area contributed by atoms with Gasteiger partial charge >= 0.3 is 0 Å². The second-order valence-corrected chi connectivity index (χ2v) is 9.88. The highest BCUT2D eigenvalue weighted by Crippen LogP contribution is 2.40. The average Bonchev–Trinajstić information content (AvgIpc) is 3.29. The summed E-state index contributed by atoms with van der Waals surface area (Å²) in [5, 5.41) is 14.7. The first-order valence-electron chi connectivity index (χ1n) is 12.4. The molecular formula is C28H34N4O2. The van der Waals surface area contributed by atoms with Gasteiger partial charge in [-0.25, -0.2) is 4.98 Å². The maximum absolute atomic E-state index is 14.0. The Balaban J connectivity index is 1.52. The Kier molecular flexibility index (Phi) is 6.53. The number of imidazole rings is 1. The van der Waals surface area contributed by atoms with Crippen molar-refractivity contribution in [1.82, 2.24) is 19.8 Å². The van der Waals surface area contributed by atoms with Crippen molar-refractivity contribution in [2.24, 2.45) is 0 Å². The minimum absolute atomic E-state index is 0.0320. The summed E-state index contributed by atoms with van der Waals surface area (Å²) < 4.78 is 2.07. The topological polar surface area (TPSA) is 70.4 Å². The van der Waals surface area contributed by atoms with Crippen LogP contribution in [0.5, 0.6) is 0 Å². The maximum atomic E-state index is 14.0. The summed E-state index contributed by atoms with van der Waals surface area (Å²) in [5.41, 5.74) is 2.65. The number of benzene rings is 2. The Labute approximate surface area is 201 Å². The van der Waals surface area contributed by atoms with Gasteiger partial charge in [-0.2, -0.15) is 0 Å². The van der Waals surface area contributed by atoms with Crippen molar-refractivity contribution in [2.45, 2.75) is 56.7 Å². The Morgan fingerprint density at radius 2 is 1.85 bits per heavy atom. The molecule has 6 heteroatoms. The molecule has 1 amide bonds. The molecule has 2 heterocycles. The van der Waals surface area contributed by atoms with Gasteiger partial charge in [-0.15, -0.1) is 0 Å². The number of piperazine rings is 1. The fourth-order valence-corrected chi connectivity index (χ4v) is 5.61. The number of carbonyl (C=O) groups excluding carboxylic acids is 1. The van der Waals surface area contributed by atoms with Crippen molar-refractivity contribution in [3.63, 3.8) is 0 Å². The lowest BCUT2D eigenvalue weighted by molar-refractivity contribution is -0.0243. The van der Waals surface area contributed by atoms with E-state index >= 15 is 0 Å². The molecular weight excluding hydrogens is 424 g/mol. The third kappa shape index (κ3) is 4.52. The van der Waals surface area contributed by atoms with Gasteiger partial charge in [0.1, 0.15) is 0 Å². The summed E-state index contributed by atoms with van der Waals surface area (Å²) in [6.45, 7) is 4.10. The quantitative estimate of drug-likeness (QED) is 0.605. The highest BCUT2D eigenvalue weighted by atomic mass is 16.3. The molecule has 0 bridgehead atoms. The van der Waals surface area contributed by atoms with Crippen molar-refractivity contribution in [1.29, 1.82) is 0 Å². The van der Waals surface area contributed by atoms with Crippen LogP contribution in [-0.2, 0) is 6.42 Å². The Morgan fingerprint density at radius 1 is 1.12 bits per heavy atom. The van der Waals surface area contributed by atoms with Crippen LogP contribution in [0.2, 0.25) is 0 Å². The predicted octanol–water partition coefficient (Wildman–Crippen LogP) is 4.07. The van der Waals surface area contributed by atoms with Crippen LogP contribution in [0.4, 0.5) is 0 Å². The summed E-state index contributed by atoms with van der Waals surface area (Å²) in [7, 11) is 0. The molecule has 0 spiro atoms. The van der Waals surface area contributed by atoms with Crippen molar-refractivity contribution < 1.29 is 9.90 Å². The molecule has 0 radical (unpaired) electrons. The fourth-order valence-electron chi connectivity index (χ4n) is 5.61.